The van der Waals surface area contributed by atoms with Crippen LogP contribution in [0.25, 0.3) is 0 Å². The SMILES string of the molecule is Ic1nsc(C2C3CCCC32)n1. The van der Waals surface area contributed by atoms with E-state index in [0.29, 0.717) is 0 Å². The summed E-state index contributed by atoms with van der Waals surface area (Å²) >= 11 is 3.80. The van der Waals surface area contributed by atoms with E-state index in [1.165, 1.54) is 24.3 Å². The fraction of sp³-hybridized carbons (Fsp3) is 0.750. The van der Waals surface area contributed by atoms with E-state index in [1.807, 2.05) is 0 Å². The lowest BCUT2D eigenvalue weighted by molar-refractivity contribution is 0.679. The van der Waals surface area contributed by atoms with Crippen LogP contribution in [-0.2, 0) is 0 Å². The third kappa shape index (κ3) is 1.04. The van der Waals surface area contributed by atoms with Gasteiger partial charge in [-0.3, -0.25) is 0 Å². The molecule has 12 heavy (non-hydrogen) atoms. The Morgan fingerprint density at radius 1 is 1.33 bits per heavy atom. The second kappa shape index (κ2) is 2.64. The van der Waals surface area contributed by atoms with E-state index in [-0.39, 0.29) is 0 Å². The molecule has 0 aliphatic heterocycles. The summed E-state index contributed by atoms with van der Waals surface area (Å²) in [5.74, 6) is 2.77. The molecular formula is C8H9IN2S. The van der Waals surface area contributed by atoms with Crippen molar-refractivity contribution in [3.05, 3.63) is 8.84 Å². The lowest BCUT2D eigenvalue weighted by Gasteiger charge is -1.95. The Bertz CT molecular complexity index is 302. The van der Waals surface area contributed by atoms with Crippen LogP contribution in [0.5, 0.6) is 0 Å². The molecule has 2 aliphatic rings. The molecule has 1 aromatic heterocycles. The van der Waals surface area contributed by atoms with E-state index in [1.54, 1.807) is 11.5 Å². The average molecular weight is 292 g/mol. The van der Waals surface area contributed by atoms with Crippen LogP contribution in [0.2, 0.25) is 0 Å². The number of nitrogens with zero attached hydrogens (tertiary/aromatic N) is 2. The summed E-state index contributed by atoms with van der Waals surface area (Å²) in [4.78, 5) is 4.45. The highest BCUT2D eigenvalue weighted by Crippen LogP contribution is 2.63. The molecule has 3 rings (SSSR count). The van der Waals surface area contributed by atoms with E-state index in [0.717, 1.165) is 21.6 Å². The van der Waals surface area contributed by atoms with Gasteiger partial charge in [0.15, 0.2) is 0 Å². The lowest BCUT2D eigenvalue weighted by atomic mass is 10.1. The molecule has 0 saturated heterocycles. The molecule has 0 radical (unpaired) electrons. The second-order valence-corrected chi connectivity index (χ2v) is 5.43. The van der Waals surface area contributed by atoms with Gasteiger partial charge in [-0.15, -0.1) is 0 Å². The number of hydrogen-bond donors (Lipinski definition) is 0. The average Bonchev–Trinajstić information content (AvgIpc) is 2.55. The van der Waals surface area contributed by atoms with Crippen LogP contribution >= 0.6 is 34.1 Å². The Kier molecular flexibility index (Phi) is 1.69. The number of fused-ring (bicyclic) bond motifs is 1. The van der Waals surface area contributed by atoms with Crippen molar-refractivity contribution in [1.29, 1.82) is 0 Å². The molecule has 2 saturated carbocycles. The van der Waals surface area contributed by atoms with Gasteiger partial charge in [-0.2, -0.15) is 4.37 Å². The van der Waals surface area contributed by atoms with Crippen molar-refractivity contribution < 1.29 is 0 Å². The first-order chi connectivity index (χ1) is 5.86. The summed E-state index contributed by atoms with van der Waals surface area (Å²) in [5.41, 5.74) is 0. The maximum absolute atomic E-state index is 4.45. The van der Waals surface area contributed by atoms with Crippen molar-refractivity contribution in [1.82, 2.24) is 9.36 Å². The lowest BCUT2D eigenvalue weighted by Crippen LogP contribution is -1.86. The molecule has 1 heterocycles. The van der Waals surface area contributed by atoms with Crippen LogP contribution in [0.4, 0.5) is 0 Å². The van der Waals surface area contributed by atoms with Crippen molar-refractivity contribution in [2.75, 3.05) is 0 Å². The van der Waals surface area contributed by atoms with Gasteiger partial charge in [0.1, 0.15) is 5.01 Å². The fourth-order valence-corrected chi connectivity index (χ4v) is 4.07. The van der Waals surface area contributed by atoms with E-state index < -0.39 is 0 Å². The van der Waals surface area contributed by atoms with Crippen LogP contribution in [0.1, 0.15) is 30.2 Å². The minimum Gasteiger partial charge on any atom is -0.215 e. The molecule has 2 aliphatic carbocycles. The summed E-state index contributed by atoms with van der Waals surface area (Å²) in [7, 11) is 0. The van der Waals surface area contributed by atoms with E-state index in [9.17, 15) is 0 Å². The summed E-state index contributed by atoms with van der Waals surface area (Å²) in [6.07, 6.45) is 4.32. The zero-order valence-corrected chi connectivity index (χ0v) is 9.51. The first-order valence-corrected chi connectivity index (χ1v) is 6.20. The Labute approximate surface area is 89.1 Å². The van der Waals surface area contributed by atoms with Crippen molar-refractivity contribution in [2.45, 2.75) is 25.2 Å². The molecule has 0 spiro atoms. The molecule has 0 bridgehead atoms. The minimum absolute atomic E-state index is 0.805. The minimum atomic E-state index is 0.805. The smallest absolute Gasteiger partial charge is 0.203 e. The summed E-state index contributed by atoms with van der Waals surface area (Å²) in [6, 6.07) is 0. The molecule has 4 heteroatoms. The molecule has 64 valence electrons. The van der Waals surface area contributed by atoms with E-state index >= 15 is 0 Å². The third-order valence-corrected chi connectivity index (χ3v) is 4.73. The number of aromatic nitrogens is 2. The van der Waals surface area contributed by atoms with Crippen LogP contribution in [0.3, 0.4) is 0 Å². The molecular weight excluding hydrogens is 283 g/mol. The highest BCUT2D eigenvalue weighted by atomic mass is 127. The number of hydrogen-bond acceptors (Lipinski definition) is 3. The van der Waals surface area contributed by atoms with Gasteiger partial charge in [-0.1, -0.05) is 6.42 Å². The van der Waals surface area contributed by atoms with Crippen LogP contribution < -0.4 is 0 Å². The fourth-order valence-electron chi connectivity index (χ4n) is 2.54. The standard InChI is InChI=1S/C8H9IN2S/c9-8-10-7(12-11-8)6-4-2-1-3-5(4)6/h4-6H,1-3H2. The van der Waals surface area contributed by atoms with Crippen LogP contribution in [-0.4, -0.2) is 9.36 Å². The predicted molar refractivity (Wildman–Crippen MR) is 56.2 cm³/mol. The predicted octanol–water partition coefficient (Wildman–Crippen LogP) is 2.66. The summed E-state index contributed by atoms with van der Waals surface area (Å²) in [6.45, 7) is 0. The molecule has 0 N–H and O–H groups in total. The Balaban J connectivity index is 1.84. The Morgan fingerprint density at radius 2 is 2.08 bits per heavy atom. The largest absolute Gasteiger partial charge is 0.215 e. The quantitative estimate of drug-likeness (QED) is 0.744. The number of halogens is 1. The maximum atomic E-state index is 4.45. The van der Waals surface area contributed by atoms with Crippen LogP contribution in [0.15, 0.2) is 0 Å². The molecule has 0 aromatic carbocycles. The van der Waals surface area contributed by atoms with Gasteiger partial charge in [-0.25, -0.2) is 4.98 Å². The van der Waals surface area contributed by atoms with Gasteiger partial charge in [0, 0.05) is 28.5 Å². The molecule has 2 atom stereocenters. The van der Waals surface area contributed by atoms with Gasteiger partial charge in [0.25, 0.3) is 0 Å². The molecule has 1 aromatic rings. The van der Waals surface area contributed by atoms with Crippen molar-refractivity contribution >= 4 is 34.1 Å². The van der Waals surface area contributed by atoms with Gasteiger partial charge in [0.2, 0.25) is 3.83 Å². The van der Waals surface area contributed by atoms with Crippen molar-refractivity contribution in [3.8, 4) is 0 Å². The summed E-state index contributed by atoms with van der Waals surface area (Å²) in [5, 5.41) is 1.30. The molecule has 2 unspecified atom stereocenters. The topological polar surface area (TPSA) is 25.8 Å². The maximum Gasteiger partial charge on any atom is 0.203 e. The normalized spacial score (nSPS) is 38.2. The van der Waals surface area contributed by atoms with Gasteiger partial charge >= 0.3 is 0 Å². The molecule has 2 fully saturated rings. The van der Waals surface area contributed by atoms with Crippen molar-refractivity contribution in [3.63, 3.8) is 0 Å². The third-order valence-electron chi connectivity index (χ3n) is 3.11. The highest BCUT2D eigenvalue weighted by Gasteiger charge is 2.54. The highest BCUT2D eigenvalue weighted by molar-refractivity contribution is 14.1. The van der Waals surface area contributed by atoms with Gasteiger partial charge < -0.3 is 0 Å². The summed E-state index contributed by atoms with van der Waals surface area (Å²) < 4.78 is 5.15. The zero-order chi connectivity index (χ0) is 8.13. The Morgan fingerprint density at radius 3 is 2.67 bits per heavy atom. The second-order valence-electron chi connectivity index (χ2n) is 3.69. The monoisotopic (exact) mass is 292 g/mol. The first kappa shape index (κ1) is 7.67. The zero-order valence-electron chi connectivity index (χ0n) is 6.53. The van der Waals surface area contributed by atoms with Gasteiger partial charge in [-0.05, 0) is 36.2 Å². The van der Waals surface area contributed by atoms with E-state index in [2.05, 4.69) is 31.9 Å². The first-order valence-electron chi connectivity index (χ1n) is 4.35. The van der Waals surface area contributed by atoms with Gasteiger partial charge in [0.05, 0.1) is 0 Å². The van der Waals surface area contributed by atoms with Crippen LogP contribution in [0, 0.1) is 15.7 Å². The number of rotatable bonds is 1. The molecule has 2 nitrogen and oxygen atoms in total. The molecule has 0 amide bonds. The Hall–Kier alpha value is 0.290. The van der Waals surface area contributed by atoms with E-state index in [4.69, 9.17) is 0 Å². The van der Waals surface area contributed by atoms with Crippen molar-refractivity contribution in [2.24, 2.45) is 11.8 Å².